The zero-order valence-electron chi connectivity index (χ0n) is 33.1. The third kappa shape index (κ3) is 8.37. The van der Waals surface area contributed by atoms with E-state index in [9.17, 15) is 4.79 Å². The van der Waals surface area contributed by atoms with Crippen LogP contribution in [-0.4, -0.2) is 79.8 Å². The van der Waals surface area contributed by atoms with Gasteiger partial charge in [0.25, 0.3) is 0 Å². The van der Waals surface area contributed by atoms with Crippen molar-refractivity contribution in [3.8, 4) is 0 Å². The number of benzene rings is 3. The molecule has 0 saturated carbocycles. The van der Waals surface area contributed by atoms with Gasteiger partial charge in [0, 0.05) is 24.3 Å². The summed E-state index contributed by atoms with van der Waals surface area (Å²) in [6.45, 7) is 15.1. The van der Waals surface area contributed by atoms with Crippen molar-refractivity contribution >= 4 is 23.4 Å². The van der Waals surface area contributed by atoms with Crippen molar-refractivity contribution in [3.05, 3.63) is 124 Å². The van der Waals surface area contributed by atoms with E-state index in [1.54, 1.807) is 53.7 Å². The Bertz CT molecular complexity index is 1850. The standard InChI is InChI=1S/C44H54N2O8/c1-10-32-30-43(38(47)33-19-15-12-16-20-33,34-21-23-35(24-22-34)46-25-27-50-28-26-46)44(45(8)9,29-31-17-13-11-14-18-31)37(40(49)52-54-42(5,6)7)36(32)39(48)51-53-41(2,3)4/h11-24,30H,10,25-29H2,1-9H3. The largest absolute Gasteiger partial charge is 0.378 e. The van der Waals surface area contributed by atoms with Crippen molar-refractivity contribution in [1.29, 1.82) is 0 Å². The van der Waals surface area contributed by atoms with Gasteiger partial charge in [-0.05, 0) is 97.3 Å². The summed E-state index contributed by atoms with van der Waals surface area (Å²) in [6, 6.07) is 26.6. The van der Waals surface area contributed by atoms with Crippen LogP contribution in [0.5, 0.6) is 0 Å². The minimum Gasteiger partial charge on any atom is -0.378 e. The van der Waals surface area contributed by atoms with Crippen LogP contribution in [-0.2, 0) is 45.7 Å². The molecule has 1 aliphatic carbocycles. The number of carbonyl (C=O) groups excluding carboxylic acids is 3. The van der Waals surface area contributed by atoms with Gasteiger partial charge in [-0.2, -0.15) is 9.78 Å². The lowest BCUT2D eigenvalue weighted by atomic mass is 9.52. The fourth-order valence-electron chi connectivity index (χ4n) is 7.34. The second-order valence-electron chi connectivity index (χ2n) is 16.0. The van der Waals surface area contributed by atoms with Crippen molar-refractivity contribution in [3.63, 3.8) is 0 Å². The molecule has 1 heterocycles. The van der Waals surface area contributed by atoms with E-state index < -0.39 is 34.1 Å². The van der Waals surface area contributed by atoms with E-state index in [1.807, 2.05) is 105 Å². The van der Waals surface area contributed by atoms with E-state index in [2.05, 4.69) is 4.90 Å². The first-order chi connectivity index (χ1) is 25.5. The molecule has 10 nitrogen and oxygen atoms in total. The summed E-state index contributed by atoms with van der Waals surface area (Å²) in [5, 5.41) is 0. The van der Waals surface area contributed by atoms with Crippen LogP contribution in [0.15, 0.2) is 108 Å². The van der Waals surface area contributed by atoms with Crippen molar-refractivity contribution in [2.45, 2.75) is 83.5 Å². The Hall–Kier alpha value is -4.61. The van der Waals surface area contributed by atoms with E-state index >= 15 is 9.59 Å². The SMILES string of the molecule is CCC1=CC(C(=O)c2ccccc2)(c2ccc(N3CCOCC3)cc2)C(Cc2ccccc2)(N(C)C)C(C(=O)OOC(C)(C)C)=C1C(=O)OOC(C)(C)C. The fourth-order valence-corrected chi connectivity index (χ4v) is 7.34. The molecular weight excluding hydrogens is 684 g/mol. The minimum atomic E-state index is -1.62. The van der Waals surface area contributed by atoms with Gasteiger partial charge in [0.1, 0.15) is 16.6 Å². The minimum absolute atomic E-state index is 0.0460. The van der Waals surface area contributed by atoms with Crippen LogP contribution in [0.25, 0.3) is 0 Å². The summed E-state index contributed by atoms with van der Waals surface area (Å²) >= 11 is 0. The molecule has 3 aromatic carbocycles. The van der Waals surface area contributed by atoms with Crippen LogP contribution in [0.1, 0.15) is 76.4 Å². The molecule has 2 atom stereocenters. The third-order valence-electron chi connectivity index (χ3n) is 9.71. The fraction of sp³-hybridized carbons (Fsp3) is 0.432. The summed E-state index contributed by atoms with van der Waals surface area (Å²) < 4.78 is 5.61. The Morgan fingerprint density at radius 1 is 0.759 bits per heavy atom. The number of nitrogens with zero attached hydrogens (tertiary/aromatic N) is 2. The Labute approximate surface area is 319 Å². The molecule has 0 amide bonds. The van der Waals surface area contributed by atoms with Gasteiger partial charge >= 0.3 is 11.9 Å². The molecular formula is C44H54N2O8. The maximum Gasteiger partial charge on any atom is 0.373 e. The van der Waals surface area contributed by atoms with Gasteiger partial charge in [-0.25, -0.2) is 9.59 Å². The molecule has 2 aliphatic rings. The number of hydrogen-bond donors (Lipinski definition) is 0. The van der Waals surface area contributed by atoms with Gasteiger partial charge in [0.15, 0.2) is 5.78 Å². The zero-order valence-corrected chi connectivity index (χ0v) is 33.1. The number of ether oxygens (including phenoxy) is 1. The molecule has 1 aliphatic heterocycles. The summed E-state index contributed by atoms with van der Waals surface area (Å²) in [5.74, 6) is -2.08. The highest BCUT2D eigenvalue weighted by atomic mass is 17.2. The van der Waals surface area contributed by atoms with Crippen LogP contribution in [0.2, 0.25) is 0 Å². The smallest absolute Gasteiger partial charge is 0.373 e. The summed E-state index contributed by atoms with van der Waals surface area (Å²) in [6.07, 6.45) is 2.24. The molecule has 0 bridgehead atoms. The predicted molar refractivity (Wildman–Crippen MR) is 208 cm³/mol. The van der Waals surface area contributed by atoms with E-state index in [1.165, 1.54) is 0 Å². The number of ketones is 1. The van der Waals surface area contributed by atoms with Gasteiger partial charge in [0.2, 0.25) is 0 Å². The molecule has 10 heteroatoms. The molecule has 2 unspecified atom stereocenters. The number of likely N-dealkylation sites (N-methyl/N-ethyl adjacent to an activating group) is 1. The Morgan fingerprint density at radius 2 is 1.30 bits per heavy atom. The van der Waals surface area contributed by atoms with E-state index in [4.69, 9.17) is 24.3 Å². The summed E-state index contributed by atoms with van der Waals surface area (Å²) in [7, 11) is 3.63. The molecule has 0 radical (unpaired) electrons. The number of rotatable bonds is 12. The van der Waals surface area contributed by atoms with Gasteiger partial charge in [-0.15, -0.1) is 0 Å². The van der Waals surface area contributed by atoms with E-state index in [-0.39, 0.29) is 29.8 Å². The number of anilines is 1. The molecule has 5 rings (SSSR count). The normalized spacial score (nSPS) is 20.8. The highest BCUT2D eigenvalue weighted by Crippen LogP contribution is 2.55. The lowest BCUT2D eigenvalue weighted by Crippen LogP contribution is -2.68. The van der Waals surface area contributed by atoms with Crippen molar-refractivity contribution in [1.82, 2.24) is 4.90 Å². The lowest BCUT2D eigenvalue weighted by Gasteiger charge is -2.55. The number of Topliss-reactive ketones (excluding diaryl/α,β-unsaturated/α-hetero) is 1. The molecule has 0 aromatic heterocycles. The van der Waals surface area contributed by atoms with E-state index in [0.29, 0.717) is 29.9 Å². The highest BCUT2D eigenvalue weighted by Gasteiger charge is 2.65. The van der Waals surface area contributed by atoms with Gasteiger partial charge in [-0.3, -0.25) is 19.5 Å². The predicted octanol–water partition coefficient (Wildman–Crippen LogP) is 7.38. The molecule has 3 aromatic rings. The first-order valence-electron chi connectivity index (χ1n) is 18.6. The van der Waals surface area contributed by atoms with Crippen LogP contribution >= 0.6 is 0 Å². The highest BCUT2D eigenvalue weighted by molar-refractivity contribution is 6.13. The first kappa shape index (κ1) is 40.6. The molecule has 1 saturated heterocycles. The first-order valence-corrected chi connectivity index (χ1v) is 18.6. The molecule has 288 valence electrons. The molecule has 1 fully saturated rings. The van der Waals surface area contributed by atoms with Crippen LogP contribution in [0.4, 0.5) is 5.69 Å². The zero-order chi connectivity index (χ0) is 39.3. The third-order valence-corrected chi connectivity index (χ3v) is 9.71. The van der Waals surface area contributed by atoms with Crippen LogP contribution in [0, 0.1) is 0 Å². The summed E-state index contributed by atoms with van der Waals surface area (Å²) in [5.41, 5.74) is -1.82. The van der Waals surface area contributed by atoms with Crippen molar-refractivity contribution in [2.75, 3.05) is 45.3 Å². The quantitative estimate of drug-likeness (QED) is 0.106. The number of morpholine rings is 1. The van der Waals surface area contributed by atoms with Gasteiger partial charge in [0.05, 0.1) is 29.9 Å². The van der Waals surface area contributed by atoms with E-state index in [0.717, 1.165) is 24.3 Å². The number of hydrogen-bond acceptors (Lipinski definition) is 10. The second-order valence-corrected chi connectivity index (χ2v) is 16.0. The molecule has 0 N–H and O–H groups in total. The van der Waals surface area contributed by atoms with Gasteiger partial charge in [-0.1, -0.05) is 85.8 Å². The maximum absolute atomic E-state index is 15.9. The topological polar surface area (TPSA) is 104 Å². The lowest BCUT2D eigenvalue weighted by molar-refractivity contribution is -0.319. The number of carbonyl (C=O) groups is 3. The van der Waals surface area contributed by atoms with Crippen molar-refractivity contribution < 1.29 is 38.7 Å². The average Bonchev–Trinajstić information content (AvgIpc) is 3.16. The van der Waals surface area contributed by atoms with Crippen LogP contribution < -0.4 is 4.90 Å². The van der Waals surface area contributed by atoms with Gasteiger partial charge < -0.3 is 9.64 Å². The molecule has 0 spiro atoms. The van der Waals surface area contributed by atoms with Crippen LogP contribution in [0.3, 0.4) is 0 Å². The molecule has 54 heavy (non-hydrogen) atoms. The summed E-state index contributed by atoms with van der Waals surface area (Å²) in [4.78, 5) is 71.9. The Morgan fingerprint density at radius 3 is 1.81 bits per heavy atom. The Kier molecular flexibility index (Phi) is 12.3. The maximum atomic E-state index is 15.9. The Balaban J connectivity index is 1.93. The van der Waals surface area contributed by atoms with Crippen molar-refractivity contribution in [2.24, 2.45) is 0 Å². The average molecular weight is 739 g/mol. The second kappa shape index (κ2) is 16.4. The monoisotopic (exact) mass is 738 g/mol.